The van der Waals surface area contributed by atoms with Crippen molar-refractivity contribution >= 4 is 15.9 Å². The summed E-state index contributed by atoms with van der Waals surface area (Å²) in [5.41, 5.74) is 1.42. The summed E-state index contributed by atoms with van der Waals surface area (Å²) in [5, 5.41) is 11.5. The number of hydrogen-bond donors (Lipinski definition) is 1. The predicted molar refractivity (Wildman–Crippen MR) is 109 cm³/mol. The Labute approximate surface area is 172 Å². The van der Waals surface area contributed by atoms with Crippen molar-refractivity contribution < 1.29 is 13.2 Å². The van der Waals surface area contributed by atoms with E-state index in [-0.39, 0.29) is 29.3 Å². The lowest BCUT2D eigenvalue weighted by Crippen LogP contribution is -2.46. The zero-order valence-corrected chi connectivity index (χ0v) is 18.3. The van der Waals surface area contributed by atoms with E-state index >= 15 is 0 Å². The van der Waals surface area contributed by atoms with Crippen molar-refractivity contribution in [1.82, 2.24) is 29.2 Å². The van der Waals surface area contributed by atoms with Crippen LogP contribution >= 0.6 is 0 Å². The topological polar surface area (TPSA) is 102 Å². The molecule has 0 bridgehead atoms. The van der Waals surface area contributed by atoms with Gasteiger partial charge in [-0.25, -0.2) is 8.42 Å². The number of carbonyl (C=O) groups excluding carboxylic acids is 1. The number of nitrogens with one attached hydrogen (secondary N) is 1. The number of carbonyl (C=O) groups is 1. The molecule has 1 amide bonds. The Balaban J connectivity index is 1.71. The molecule has 1 fully saturated rings. The van der Waals surface area contributed by atoms with E-state index in [0.717, 1.165) is 12.2 Å². The Hall–Kier alpha value is -2.20. The number of rotatable bonds is 7. The molecule has 0 spiro atoms. The molecular weight excluding hydrogens is 392 g/mol. The first-order chi connectivity index (χ1) is 13.8. The number of aryl methyl sites for hydroxylation is 3. The van der Waals surface area contributed by atoms with E-state index in [1.165, 1.54) is 4.31 Å². The van der Waals surface area contributed by atoms with E-state index in [1.807, 2.05) is 31.5 Å². The molecular formula is C19H30N6O3S. The molecule has 160 valence electrons. The second kappa shape index (κ2) is 8.66. The van der Waals surface area contributed by atoms with Crippen LogP contribution in [0.3, 0.4) is 0 Å². The standard InChI is InChI=1S/C19H30N6O3S/c1-5-23-13-18(15(4)22-23)29(27,28)24-11-7-8-16(12-24)19(26)21-14(3)17-9-10-20-25(17)6-2/h9-10,13-14,16H,5-8,11-12H2,1-4H3,(H,21,26)/t14-,16-/m1/s1. The average molecular weight is 423 g/mol. The highest BCUT2D eigenvalue weighted by Crippen LogP contribution is 2.26. The average Bonchev–Trinajstić information content (AvgIpc) is 3.34. The van der Waals surface area contributed by atoms with Gasteiger partial charge in [0.25, 0.3) is 0 Å². The van der Waals surface area contributed by atoms with Crippen LogP contribution in [-0.4, -0.2) is 51.3 Å². The summed E-state index contributed by atoms with van der Waals surface area (Å²) in [5.74, 6) is -0.497. The van der Waals surface area contributed by atoms with E-state index in [4.69, 9.17) is 0 Å². The second-order valence-electron chi connectivity index (χ2n) is 7.44. The molecule has 0 aliphatic carbocycles. The summed E-state index contributed by atoms with van der Waals surface area (Å²) in [6.45, 7) is 9.46. The normalized spacial score (nSPS) is 19.2. The minimum atomic E-state index is -3.67. The van der Waals surface area contributed by atoms with Crippen LogP contribution in [0.2, 0.25) is 0 Å². The van der Waals surface area contributed by atoms with Gasteiger partial charge in [0.05, 0.1) is 23.3 Å². The van der Waals surface area contributed by atoms with Crippen LogP contribution in [0, 0.1) is 12.8 Å². The molecule has 2 aromatic heterocycles. The molecule has 0 radical (unpaired) electrons. The minimum absolute atomic E-state index is 0.123. The van der Waals surface area contributed by atoms with Gasteiger partial charge in [0.1, 0.15) is 4.90 Å². The van der Waals surface area contributed by atoms with E-state index < -0.39 is 10.0 Å². The maximum absolute atomic E-state index is 13.1. The molecule has 3 rings (SSSR count). The zero-order chi connectivity index (χ0) is 21.2. The van der Waals surface area contributed by atoms with E-state index in [2.05, 4.69) is 15.5 Å². The number of aromatic nitrogens is 4. The first-order valence-corrected chi connectivity index (χ1v) is 11.6. The van der Waals surface area contributed by atoms with Crippen molar-refractivity contribution in [2.75, 3.05) is 13.1 Å². The molecule has 29 heavy (non-hydrogen) atoms. The molecule has 1 N–H and O–H groups in total. The molecule has 3 heterocycles. The Bertz CT molecular complexity index is 965. The summed E-state index contributed by atoms with van der Waals surface area (Å²) >= 11 is 0. The van der Waals surface area contributed by atoms with Gasteiger partial charge >= 0.3 is 0 Å². The first kappa shape index (κ1) is 21.5. The lowest BCUT2D eigenvalue weighted by molar-refractivity contribution is -0.126. The highest BCUT2D eigenvalue weighted by Gasteiger charge is 2.35. The minimum Gasteiger partial charge on any atom is -0.348 e. The smallest absolute Gasteiger partial charge is 0.246 e. The van der Waals surface area contributed by atoms with Gasteiger partial charge in [-0.15, -0.1) is 0 Å². The Morgan fingerprint density at radius 3 is 2.76 bits per heavy atom. The molecule has 0 saturated carbocycles. The van der Waals surface area contributed by atoms with Crippen LogP contribution in [0.5, 0.6) is 0 Å². The fraction of sp³-hybridized carbons (Fsp3) is 0.632. The largest absolute Gasteiger partial charge is 0.348 e. The second-order valence-corrected chi connectivity index (χ2v) is 9.35. The molecule has 0 aromatic carbocycles. The van der Waals surface area contributed by atoms with Gasteiger partial charge in [-0.1, -0.05) is 0 Å². The molecule has 2 atom stereocenters. The van der Waals surface area contributed by atoms with E-state index in [0.29, 0.717) is 31.6 Å². The van der Waals surface area contributed by atoms with Gasteiger partial charge in [-0.3, -0.25) is 14.2 Å². The number of amides is 1. The molecule has 2 aromatic rings. The quantitative estimate of drug-likeness (QED) is 0.732. The summed E-state index contributed by atoms with van der Waals surface area (Å²) in [6, 6.07) is 1.70. The molecule has 10 heteroatoms. The van der Waals surface area contributed by atoms with E-state index in [1.54, 1.807) is 24.0 Å². The molecule has 0 unspecified atom stereocenters. The molecule has 9 nitrogen and oxygen atoms in total. The van der Waals surface area contributed by atoms with Crippen molar-refractivity contribution in [3.8, 4) is 0 Å². The third-order valence-corrected chi connectivity index (χ3v) is 7.42. The number of sulfonamides is 1. The van der Waals surface area contributed by atoms with E-state index in [9.17, 15) is 13.2 Å². The van der Waals surface area contributed by atoms with Crippen LogP contribution < -0.4 is 5.32 Å². The lowest BCUT2D eigenvalue weighted by Gasteiger charge is -2.31. The third-order valence-electron chi connectivity index (χ3n) is 5.45. The van der Waals surface area contributed by atoms with Crippen molar-refractivity contribution in [2.24, 2.45) is 5.92 Å². The van der Waals surface area contributed by atoms with Crippen LogP contribution in [0.15, 0.2) is 23.4 Å². The third kappa shape index (κ3) is 4.37. The van der Waals surface area contributed by atoms with Crippen molar-refractivity contribution in [3.05, 3.63) is 29.8 Å². The van der Waals surface area contributed by atoms with Gasteiger partial charge < -0.3 is 5.32 Å². The van der Waals surface area contributed by atoms with Crippen molar-refractivity contribution in [2.45, 2.75) is 64.6 Å². The maximum Gasteiger partial charge on any atom is 0.246 e. The van der Waals surface area contributed by atoms with Crippen LogP contribution in [0.1, 0.15) is 51.0 Å². The van der Waals surface area contributed by atoms with Crippen LogP contribution in [0.4, 0.5) is 0 Å². The number of piperidine rings is 1. The highest BCUT2D eigenvalue weighted by atomic mass is 32.2. The maximum atomic E-state index is 13.1. The molecule has 1 saturated heterocycles. The van der Waals surface area contributed by atoms with Gasteiger partial charge in [-0.05, 0) is 46.6 Å². The van der Waals surface area contributed by atoms with Gasteiger partial charge in [0, 0.05) is 38.6 Å². The monoisotopic (exact) mass is 422 g/mol. The fourth-order valence-corrected chi connectivity index (χ4v) is 5.50. The van der Waals surface area contributed by atoms with Gasteiger partial charge in [0.15, 0.2) is 0 Å². The van der Waals surface area contributed by atoms with Gasteiger partial charge in [0.2, 0.25) is 15.9 Å². The Kier molecular flexibility index (Phi) is 6.42. The molecule has 1 aliphatic heterocycles. The number of nitrogens with zero attached hydrogens (tertiary/aromatic N) is 5. The van der Waals surface area contributed by atoms with Crippen LogP contribution in [-0.2, 0) is 27.9 Å². The summed E-state index contributed by atoms with van der Waals surface area (Å²) in [7, 11) is -3.67. The number of hydrogen-bond acceptors (Lipinski definition) is 5. The summed E-state index contributed by atoms with van der Waals surface area (Å²) < 4.78 is 31.1. The SMILES string of the molecule is CCn1cc(S(=O)(=O)N2CCC[C@@H](C(=O)N[C@H](C)c3ccnn3CC)C2)c(C)n1. The predicted octanol–water partition coefficient (Wildman–Crippen LogP) is 1.71. The molecule has 1 aliphatic rings. The Morgan fingerprint density at radius 1 is 1.34 bits per heavy atom. The van der Waals surface area contributed by atoms with Crippen LogP contribution in [0.25, 0.3) is 0 Å². The van der Waals surface area contributed by atoms with Crippen molar-refractivity contribution in [3.63, 3.8) is 0 Å². The first-order valence-electron chi connectivity index (χ1n) is 10.1. The summed E-state index contributed by atoms with van der Waals surface area (Å²) in [6.07, 6.45) is 4.61. The lowest BCUT2D eigenvalue weighted by atomic mass is 9.98. The summed E-state index contributed by atoms with van der Waals surface area (Å²) in [4.78, 5) is 13.1. The van der Waals surface area contributed by atoms with Crippen molar-refractivity contribution in [1.29, 1.82) is 0 Å². The zero-order valence-electron chi connectivity index (χ0n) is 17.5. The van der Waals surface area contributed by atoms with Gasteiger partial charge in [-0.2, -0.15) is 14.5 Å². The Morgan fingerprint density at radius 2 is 2.10 bits per heavy atom. The highest BCUT2D eigenvalue weighted by molar-refractivity contribution is 7.89. The fourth-order valence-electron chi connectivity index (χ4n) is 3.81.